The van der Waals surface area contributed by atoms with Crippen LogP contribution in [-0.2, 0) is 19.9 Å². The van der Waals surface area contributed by atoms with E-state index in [4.69, 9.17) is 0 Å². The number of carboxylic acids is 1. The van der Waals surface area contributed by atoms with E-state index in [1.54, 1.807) is 30.3 Å². The molecule has 0 heterocycles. The van der Waals surface area contributed by atoms with E-state index in [0.29, 0.717) is 5.56 Å². The molecule has 0 bridgehead atoms. The van der Waals surface area contributed by atoms with Crippen molar-refractivity contribution in [3.05, 3.63) is 35.9 Å². The summed E-state index contributed by atoms with van der Waals surface area (Å²) in [6.07, 6.45) is 0. The predicted molar refractivity (Wildman–Crippen MR) is 68.3 cm³/mol. The second-order valence-electron chi connectivity index (χ2n) is 4.25. The van der Waals surface area contributed by atoms with Gasteiger partial charge in [0.1, 0.15) is 0 Å². The Bertz CT molecular complexity index is 487. The van der Waals surface area contributed by atoms with Gasteiger partial charge in [-0.3, -0.25) is 9.59 Å². The van der Waals surface area contributed by atoms with E-state index in [-0.39, 0.29) is 12.5 Å². The number of nitrogens with one attached hydrogen (secondary N) is 2. The minimum atomic E-state index is -1.53. The van der Waals surface area contributed by atoms with E-state index in [0.717, 1.165) is 0 Å². The molecule has 3 N–H and O–H groups in total. The fraction of sp³-hybridized carbons (Fsp3) is 0.308. The first-order chi connectivity index (χ1) is 8.86. The average molecular weight is 264 g/mol. The highest BCUT2D eigenvalue weighted by atomic mass is 16.4. The number of carbonyl (C=O) groups is 3. The minimum Gasteiger partial charge on any atom is -0.479 e. The van der Waals surface area contributed by atoms with Gasteiger partial charge in [0, 0.05) is 6.92 Å². The van der Waals surface area contributed by atoms with Gasteiger partial charge in [-0.05, 0) is 12.5 Å². The van der Waals surface area contributed by atoms with Crippen LogP contribution in [0.5, 0.6) is 0 Å². The molecule has 1 aromatic rings. The van der Waals surface area contributed by atoms with E-state index >= 15 is 0 Å². The highest BCUT2D eigenvalue weighted by Crippen LogP contribution is 2.20. The zero-order chi connectivity index (χ0) is 14.5. The summed E-state index contributed by atoms with van der Waals surface area (Å²) in [7, 11) is 0. The molecule has 1 atom stereocenters. The van der Waals surface area contributed by atoms with Gasteiger partial charge in [0.15, 0.2) is 5.54 Å². The second kappa shape index (κ2) is 5.99. The zero-order valence-electron chi connectivity index (χ0n) is 10.8. The van der Waals surface area contributed by atoms with Crippen molar-refractivity contribution in [2.75, 3.05) is 6.54 Å². The quantitative estimate of drug-likeness (QED) is 0.709. The summed E-state index contributed by atoms with van der Waals surface area (Å²) in [5, 5.41) is 14.0. The Kier molecular flexibility index (Phi) is 4.63. The lowest BCUT2D eigenvalue weighted by Gasteiger charge is -2.26. The Hall–Kier alpha value is -2.37. The van der Waals surface area contributed by atoms with Crippen LogP contribution in [0, 0.1) is 0 Å². The average Bonchev–Trinajstić information content (AvgIpc) is 2.37. The molecule has 0 aliphatic heterocycles. The molecule has 0 aromatic heterocycles. The fourth-order valence-corrected chi connectivity index (χ4v) is 1.55. The number of carbonyl (C=O) groups excluding carboxylic acids is 2. The Morgan fingerprint density at radius 2 is 1.79 bits per heavy atom. The molecule has 19 heavy (non-hydrogen) atoms. The molecule has 0 fully saturated rings. The van der Waals surface area contributed by atoms with E-state index in [1.165, 1.54) is 13.8 Å². The lowest BCUT2D eigenvalue weighted by atomic mass is 9.92. The summed E-state index contributed by atoms with van der Waals surface area (Å²) in [5.74, 6) is -2.09. The van der Waals surface area contributed by atoms with Gasteiger partial charge in [-0.25, -0.2) is 4.79 Å². The third kappa shape index (κ3) is 3.80. The van der Waals surface area contributed by atoms with Crippen LogP contribution in [0.4, 0.5) is 0 Å². The van der Waals surface area contributed by atoms with Crippen LogP contribution in [-0.4, -0.2) is 29.4 Å². The molecule has 1 aromatic carbocycles. The highest BCUT2D eigenvalue weighted by molar-refractivity contribution is 5.90. The van der Waals surface area contributed by atoms with Gasteiger partial charge in [-0.1, -0.05) is 30.3 Å². The van der Waals surface area contributed by atoms with Crippen molar-refractivity contribution in [1.82, 2.24) is 10.6 Å². The third-order valence-electron chi connectivity index (χ3n) is 2.67. The van der Waals surface area contributed by atoms with Crippen LogP contribution in [0.3, 0.4) is 0 Å². The van der Waals surface area contributed by atoms with Crippen LogP contribution >= 0.6 is 0 Å². The maximum absolute atomic E-state index is 11.7. The van der Waals surface area contributed by atoms with Crippen molar-refractivity contribution in [1.29, 1.82) is 0 Å². The van der Waals surface area contributed by atoms with Crippen molar-refractivity contribution in [2.45, 2.75) is 19.4 Å². The molecule has 1 unspecified atom stereocenters. The number of aliphatic carboxylic acids is 1. The summed E-state index contributed by atoms with van der Waals surface area (Å²) >= 11 is 0. The van der Waals surface area contributed by atoms with Gasteiger partial charge in [0.25, 0.3) is 0 Å². The van der Waals surface area contributed by atoms with E-state index in [9.17, 15) is 19.5 Å². The van der Waals surface area contributed by atoms with Crippen molar-refractivity contribution >= 4 is 17.8 Å². The van der Waals surface area contributed by atoms with E-state index in [1.807, 2.05) is 0 Å². The molecular weight excluding hydrogens is 248 g/mol. The lowest BCUT2D eigenvalue weighted by molar-refractivity contribution is -0.147. The van der Waals surface area contributed by atoms with Crippen molar-refractivity contribution < 1.29 is 19.5 Å². The summed E-state index contributed by atoms with van der Waals surface area (Å²) < 4.78 is 0. The van der Waals surface area contributed by atoms with Crippen LogP contribution in [0.2, 0.25) is 0 Å². The topological polar surface area (TPSA) is 95.5 Å². The standard InChI is InChI=1S/C13H16N2O4/c1-9(16)14-8-11(17)15-13(2,12(18)19)10-6-4-3-5-7-10/h3-7H,8H2,1-2H3,(H,14,16)(H,15,17)(H,18,19). The first-order valence-electron chi connectivity index (χ1n) is 5.70. The molecule has 102 valence electrons. The number of benzene rings is 1. The summed E-state index contributed by atoms with van der Waals surface area (Å²) in [4.78, 5) is 33.8. The summed E-state index contributed by atoms with van der Waals surface area (Å²) in [6.45, 7) is 2.42. The second-order valence-corrected chi connectivity index (χ2v) is 4.25. The Morgan fingerprint density at radius 3 is 2.26 bits per heavy atom. The first-order valence-corrected chi connectivity index (χ1v) is 5.70. The minimum absolute atomic E-state index is 0.259. The van der Waals surface area contributed by atoms with Gasteiger partial charge in [0.2, 0.25) is 11.8 Å². The van der Waals surface area contributed by atoms with Gasteiger partial charge in [-0.15, -0.1) is 0 Å². The van der Waals surface area contributed by atoms with Crippen molar-refractivity contribution in [2.24, 2.45) is 0 Å². The van der Waals surface area contributed by atoms with Crippen molar-refractivity contribution in [3.63, 3.8) is 0 Å². The number of carboxylic acid groups (broad SMARTS) is 1. The number of amides is 2. The van der Waals surface area contributed by atoms with Gasteiger partial charge in [-0.2, -0.15) is 0 Å². The Morgan fingerprint density at radius 1 is 1.21 bits per heavy atom. The first kappa shape index (κ1) is 14.7. The lowest BCUT2D eigenvalue weighted by Crippen LogP contribution is -2.52. The molecule has 0 radical (unpaired) electrons. The molecular formula is C13H16N2O4. The number of hydrogen-bond donors (Lipinski definition) is 3. The molecule has 6 heteroatoms. The molecule has 0 saturated carbocycles. The zero-order valence-corrected chi connectivity index (χ0v) is 10.8. The Labute approximate surface area is 110 Å². The van der Waals surface area contributed by atoms with Crippen LogP contribution < -0.4 is 10.6 Å². The predicted octanol–water partition coefficient (Wildman–Crippen LogP) is 0.239. The molecule has 0 aliphatic rings. The fourth-order valence-electron chi connectivity index (χ4n) is 1.55. The summed E-state index contributed by atoms with van der Waals surface area (Å²) in [5.41, 5.74) is -1.07. The van der Waals surface area contributed by atoms with Gasteiger partial charge in [0.05, 0.1) is 6.54 Å². The monoisotopic (exact) mass is 264 g/mol. The number of rotatable bonds is 5. The van der Waals surface area contributed by atoms with E-state index in [2.05, 4.69) is 10.6 Å². The molecule has 0 spiro atoms. The number of hydrogen-bond acceptors (Lipinski definition) is 3. The molecule has 1 rings (SSSR count). The van der Waals surface area contributed by atoms with Gasteiger partial charge < -0.3 is 15.7 Å². The summed E-state index contributed by atoms with van der Waals surface area (Å²) in [6, 6.07) is 8.37. The molecule has 2 amide bonds. The van der Waals surface area contributed by atoms with Crippen LogP contribution in [0.15, 0.2) is 30.3 Å². The molecule has 6 nitrogen and oxygen atoms in total. The van der Waals surface area contributed by atoms with Crippen molar-refractivity contribution in [3.8, 4) is 0 Å². The maximum atomic E-state index is 11.7. The van der Waals surface area contributed by atoms with Gasteiger partial charge >= 0.3 is 5.97 Å². The highest BCUT2D eigenvalue weighted by Gasteiger charge is 2.36. The smallest absolute Gasteiger partial charge is 0.333 e. The van der Waals surface area contributed by atoms with Crippen LogP contribution in [0.1, 0.15) is 19.4 Å². The normalized spacial score (nSPS) is 13.2. The molecule has 0 aliphatic carbocycles. The van der Waals surface area contributed by atoms with E-state index < -0.39 is 17.4 Å². The third-order valence-corrected chi connectivity index (χ3v) is 2.67. The molecule has 0 saturated heterocycles. The SMILES string of the molecule is CC(=O)NCC(=O)NC(C)(C(=O)O)c1ccccc1. The largest absolute Gasteiger partial charge is 0.479 e. The maximum Gasteiger partial charge on any atom is 0.333 e. The Balaban J connectivity index is 2.87. The van der Waals surface area contributed by atoms with Crippen LogP contribution in [0.25, 0.3) is 0 Å².